The summed E-state index contributed by atoms with van der Waals surface area (Å²) in [4.78, 5) is 25.6. The molecular formula is C22H21F3N2O3. The van der Waals surface area contributed by atoms with Crippen LogP contribution in [0.4, 0.5) is 23.7 Å². The molecule has 158 valence electrons. The highest BCUT2D eigenvalue weighted by molar-refractivity contribution is 6.00. The molecule has 2 aromatic carbocycles. The molecule has 8 heteroatoms. The Balaban J connectivity index is 1.42. The van der Waals surface area contributed by atoms with Gasteiger partial charge in [0.25, 0.3) is 0 Å². The van der Waals surface area contributed by atoms with Crippen molar-refractivity contribution in [1.82, 2.24) is 4.90 Å². The number of aromatic carboxylic acids is 1. The number of anilines is 1. The maximum atomic E-state index is 13.4. The monoisotopic (exact) mass is 418 g/mol. The van der Waals surface area contributed by atoms with Crippen LogP contribution in [0.15, 0.2) is 48.5 Å². The molecule has 0 radical (unpaired) electrons. The van der Waals surface area contributed by atoms with Gasteiger partial charge in [0.2, 0.25) is 0 Å². The van der Waals surface area contributed by atoms with E-state index < -0.39 is 17.7 Å². The third-order valence-electron chi connectivity index (χ3n) is 6.14. The number of benzene rings is 2. The molecule has 1 saturated carbocycles. The lowest BCUT2D eigenvalue weighted by molar-refractivity contribution is -0.138. The molecule has 2 fully saturated rings. The molecule has 0 aromatic heterocycles. The van der Waals surface area contributed by atoms with Crippen LogP contribution in [0.25, 0.3) is 0 Å². The minimum Gasteiger partial charge on any atom is -0.478 e. The van der Waals surface area contributed by atoms with Gasteiger partial charge in [0.05, 0.1) is 16.8 Å². The molecule has 1 aliphatic carbocycles. The minimum atomic E-state index is -4.38. The Hall–Kier alpha value is -3.03. The normalized spacial score (nSPS) is 23.3. The molecule has 2 unspecified atom stereocenters. The summed E-state index contributed by atoms with van der Waals surface area (Å²) in [6, 6.07) is 11.5. The Morgan fingerprint density at radius 3 is 2.20 bits per heavy atom. The summed E-state index contributed by atoms with van der Waals surface area (Å²) in [5, 5.41) is 11.9. The SMILES string of the molecule is O=C(O)c1ccccc1NC(=O)N1CC2CC(c3ccccc3C(F)(F)F)CC2C1. The second kappa shape index (κ2) is 7.66. The number of rotatable bonds is 3. The zero-order valence-corrected chi connectivity index (χ0v) is 16.0. The molecule has 4 rings (SSSR count). The van der Waals surface area contributed by atoms with Crippen molar-refractivity contribution in [2.45, 2.75) is 24.9 Å². The number of halogens is 3. The fourth-order valence-electron chi connectivity index (χ4n) is 4.80. The number of fused-ring (bicyclic) bond motifs is 1. The maximum Gasteiger partial charge on any atom is 0.416 e. The number of hydrogen-bond donors (Lipinski definition) is 2. The molecule has 0 spiro atoms. The number of carboxylic acids is 1. The molecule has 5 nitrogen and oxygen atoms in total. The van der Waals surface area contributed by atoms with Crippen LogP contribution in [0.5, 0.6) is 0 Å². The molecule has 30 heavy (non-hydrogen) atoms. The second-order valence-corrected chi connectivity index (χ2v) is 7.96. The maximum absolute atomic E-state index is 13.4. The van der Waals surface area contributed by atoms with Crippen LogP contribution in [-0.4, -0.2) is 35.1 Å². The van der Waals surface area contributed by atoms with Gasteiger partial charge in [-0.05, 0) is 54.4 Å². The quantitative estimate of drug-likeness (QED) is 0.732. The van der Waals surface area contributed by atoms with Crippen LogP contribution in [0, 0.1) is 11.8 Å². The lowest BCUT2D eigenvalue weighted by Gasteiger charge is -2.22. The summed E-state index contributed by atoms with van der Waals surface area (Å²) >= 11 is 0. The first-order valence-electron chi connectivity index (χ1n) is 9.78. The number of para-hydroxylation sites is 1. The van der Waals surface area contributed by atoms with Crippen LogP contribution in [-0.2, 0) is 6.18 Å². The van der Waals surface area contributed by atoms with Gasteiger partial charge >= 0.3 is 18.2 Å². The van der Waals surface area contributed by atoms with E-state index in [4.69, 9.17) is 0 Å². The van der Waals surface area contributed by atoms with Crippen molar-refractivity contribution in [3.05, 3.63) is 65.2 Å². The number of nitrogens with zero attached hydrogens (tertiary/aromatic N) is 1. The van der Waals surface area contributed by atoms with Crippen molar-refractivity contribution in [1.29, 1.82) is 0 Å². The third kappa shape index (κ3) is 3.86. The van der Waals surface area contributed by atoms with Gasteiger partial charge in [0.1, 0.15) is 0 Å². The van der Waals surface area contributed by atoms with Gasteiger partial charge in [0.15, 0.2) is 0 Å². The largest absolute Gasteiger partial charge is 0.478 e. The van der Waals surface area contributed by atoms with E-state index in [9.17, 15) is 27.9 Å². The van der Waals surface area contributed by atoms with E-state index in [-0.39, 0.29) is 35.0 Å². The van der Waals surface area contributed by atoms with Crippen molar-refractivity contribution in [2.75, 3.05) is 18.4 Å². The van der Waals surface area contributed by atoms with Crippen LogP contribution in [0.2, 0.25) is 0 Å². The zero-order valence-electron chi connectivity index (χ0n) is 16.0. The van der Waals surface area contributed by atoms with Gasteiger partial charge in [-0.2, -0.15) is 13.2 Å². The first-order valence-corrected chi connectivity index (χ1v) is 9.78. The molecule has 1 aliphatic heterocycles. The van der Waals surface area contributed by atoms with Crippen molar-refractivity contribution in [3.63, 3.8) is 0 Å². The van der Waals surface area contributed by atoms with Gasteiger partial charge in [-0.3, -0.25) is 0 Å². The molecular weight excluding hydrogens is 397 g/mol. The number of urea groups is 1. The Morgan fingerprint density at radius 1 is 0.967 bits per heavy atom. The second-order valence-electron chi connectivity index (χ2n) is 7.96. The van der Waals surface area contributed by atoms with Crippen LogP contribution in [0.1, 0.15) is 40.2 Å². The molecule has 1 heterocycles. The number of nitrogens with one attached hydrogen (secondary N) is 1. The van der Waals surface area contributed by atoms with Crippen LogP contribution >= 0.6 is 0 Å². The van der Waals surface area contributed by atoms with Gasteiger partial charge in [-0.25, -0.2) is 9.59 Å². The Labute approximate surface area is 171 Å². The van der Waals surface area contributed by atoms with E-state index in [1.807, 2.05) is 0 Å². The minimum absolute atomic E-state index is 0.00839. The zero-order chi connectivity index (χ0) is 21.5. The van der Waals surface area contributed by atoms with Gasteiger partial charge in [-0.1, -0.05) is 30.3 Å². The lowest BCUT2D eigenvalue weighted by atomic mass is 9.91. The molecule has 2 aliphatic rings. The van der Waals surface area contributed by atoms with E-state index in [2.05, 4.69) is 5.32 Å². The average Bonchev–Trinajstić information content (AvgIpc) is 3.27. The van der Waals surface area contributed by atoms with Crippen LogP contribution in [0.3, 0.4) is 0 Å². The number of alkyl halides is 3. The molecule has 2 atom stereocenters. The van der Waals surface area contributed by atoms with Crippen molar-refractivity contribution < 1.29 is 27.9 Å². The van der Waals surface area contributed by atoms with Gasteiger partial charge in [-0.15, -0.1) is 0 Å². The Kier molecular flexibility index (Phi) is 5.17. The summed E-state index contributed by atoms with van der Waals surface area (Å²) in [5.41, 5.74) is -0.00117. The number of carbonyl (C=O) groups excluding carboxylic acids is 1. The topological polar surface area (TPSA) is 69.6 Å². The van der Waals surface area contributed by atoms with E-state index >= 15 is 0 Å². The molecule has 0 bridgehead atoms. The summed E-state index contributed by atoms with van der Waals surface area (Å²) in [7, 11) is 0. The highest BCUT2D eigenvalue weighted by atomic mass is 19.4. The average molecular weight is 418 g/mol. The summed E-state index contributed by atoms with van der Waals surface area (Å²) in [6.07, 6.45) is -3.17. The number of likely N-dealkylation sites (tertiary alicyclic amines) is 1. The van der Waals surface area contributed by atoms with Gasteiger partial charge < -0.3 is 15.3 Å². The highest BCUT2D eigenvalue weighted by Crippen LogP contribution is 2.48. The molecule has 2 N–H and O–H groups in total. The molecule has 1 saturated heterocycles. The van der Waals surface area contributed by atoms with E-state index in [0.717, 1.165) is 6.07 Å². The predicted octanol–water partition coefficient (Wildman–Crippen LogP) is 5.06. The fourth-order valence-corrected chi connectivity index (χ4v) is 4.80. The number of amides is 2. The predicted molar refractivity (Wildman–Crippen MR) is 104 cm³/mol. The summed E-state index contributed by atoms with van der Waals surface area (Å²) in [5.74, 6) is -1.03. The number of hydrogen-bond acceptors (Lipinski definition) is 2. The highest BCUT2D eigenvalue weighted by Gasteiger charge is 2.45. The van der Waals surface area contributed by atoms with E-state index in [1.54, 1.807) is 29.2 Å². The van der Waals surface area contributed by atoms with E-state index in [1.165, 1.54) is 18.2 Å². The molecule has 2 aromatic rings. The van der Waals surface area contributed by atoms with Crippen molar-refractivity contribution >= 4 is 17.7 Å². The fraction of sp³-hybridized carbons (Fsp3) is 0.364. The smallest absolute Gasteiger partial charge is 0.416 e. The lowest BCUT2D eigenvalue weighted by Crippen LogP contribution is -2.34. The van der Waals surface area contributed by atoms with Crippen LogP contribution < -0.4 is 5.32 Å². The van der Waals surface area contributed by atoms with E-state index in [0.29, 0.717) is 31.5 Å². The summed E-state index contributed by atoms with van der Waals surface area (Å²) < 4.78 is 40.1. The number of carboxylic acid groups (broad SMARTS) is 1. The molecule has 2 amide bonds. The Morgan fingerprint density at radius 2 is 1.57 bits per heavy atom. The third-order valence-corrected chi connectivity index (χ3v) is 6.14. The number of carbonyl (C=O) groups is 2. The first-order chi connectivity index (χ1) is 14.2. The first kappa shape index (κ1) is 20.3. The van der Waals surface area contributed by atoms with Crippen molar-refractivity contribution in [2.24, 2.45) is 11.8 Å². The van der Waals surface area contributed by atoms with Crippen molar-refractivity contribution in [3.8, 4) is 0 Å². The summed E-state index contributed by atoms with van der Waals surface area (Å²) in [6.45, 7) is 0.910. The Bertz CT molecular complexity index is 962. The standard InChI is InChI=1S/C22H21F3N2O3/c23-22(24,25)18-7-3-1-5-16(18)13-9-14-11-27(12-15(14)10-13)21(30)26-19-8-4-2-6-17(19)20(28)29/h1-8,13-15H,9-12H2,(H,26,30)(H,28,29). The van der Waals surface area contributed by atoms with Gasteiger partial charge in [0, 0.05) is 13.1 Å².